The van der Waals surface area contributed by atoms with Crippen LogP contribution in [0.5, 0.6) is 0 Å². The maximum atomic E-state index is 13.4. The van der Waals surface area contributed by atoms with Crippen molar-refractivity contribution in [2.45, 2.75) is 12.2 Å². The molecule has 4 nitrogen and oxygen atoms in total. The second-order valence-corrected chi connectivity index (χ2v) is 4.15. The van der Waals surface area contributed by atoms with E-state index < -0.39 is 17.7 Å². The van der Waals surface area contributed by atoms with Crippen molar-refractivity contribution in [3.8, 4) is 0 Å². The molecule has 2 unspecified atom stereocenters. The molecule has 108 valence electrons. The summed E-state index contributed by atoms with van der Waals surface area (Å²) in [5, 5.41) is 12.7. The molecule has 0 aliphatic heterocycles. The molecule has 1 aromatic rings. The Morgan fingerprint density at radius 2 is 2.00 bits per heavy atom. The molecule has 0 saturated carbocycles. The van der Waals surface area contributed by atoms with E-state index in [4.69, 9.17) is 9.47 Å². The van der Waals surface area contributed by atoms with Crippen LogP contribution in [0.25, 0.3) is 0 Å². The van der Waals surface area contributed by atoms with Crippen LogP contribution in [0, 0.1) is 11.6 Å². The number of aliphatic hydroxyl groups excluding tert-OH is 1. The Bertz CT molecular complexity index is 390. The van der Waals surface area contributed by atoms with Gasteiger partial charge in [-0.25, -0.2) is 8.78 Å². The third-order valence-corrected chi connectivity index (χ3v) is 2.71. The quantitative estimate of drug-likeness (QED) is 0.749. The molecule has 0 aliphatic carbocycles. The van der Waals surface area contributed by atoms with Gasteiger partial charge in [0, 0.05) is 32.9 Å². The first-order chi connectivity index (χ1) is 9.08. The van der Waals surface area contributed by atoms with Crippen molar-refractivity contribution >= 4 is 0 Å². The molecule has 0 bridgehead atoms. The van der Waals surface area contributed by atoms with Gasteiger partial charge in [-0.15, -0.1) is 0 Å². The lowest BCUT2D eigenvalue weighted by molar-refractivity contribution is 0.0269. The van der Waals surface area contributed by atoms with Crippen molar-refractivity contribution in [1.29, 1.82) is 0 Å². The predicted molar refractivity (Wildman–Crippen MR) is 66.9 cm³/mol. The fraction of sp³-hybridized carbons (Fsp3) is 0.538. The molecule has 19 heavy (non-hydrogen) atoms. The smallest absolute Gasteiger partial charge is 0.129 e. The number of methoxy groups -OCH3 is 2. The van der Waals surface area contributed by atoms with Gasteiger partial charge in [0.1, 0.15) is 11.6 Å². The molecule has 1 rings (SSSR count). The van der Waals surface area contributed by atoms with Crippen molar-refractivity contribution in [2.24, 2.45) is 0 Å². The van der Waals surface area contributed by atoms with E-state index in [1.807, 2.05) is 0 Å². The maximum absolute atomic E-state index is 13.4. The summed E-state index contributed by atoms with van der Waals surface area (Å²) >= 11 is 0. The number of aliphatic hydroxyl groups is 1. The second-order valence-electron chi connectivity index (χ2n) is 4.15. The topological polar surface area (TPSA) is 50.7 Å². The normalized spacial score (nSPS) is 14.4. The van der Waals surface area contributed by atoms with Gasteiger partial charge in [-0.3, -0.25) is 0 Å². The van der Waals surface area contributed by atoms with Crippen LogP contribution in [-0.2, 0) is 9.47 Å². The zero-order chi connectivity index (χ0) is 14.3. The van der Waals surface area contributed by atoms with Crippen molar-refractivity contribution in [2.75, 3.05) is 33.9 Å². The van der Waals surface area contributed by atoms with Crippen molar-refractivity contribution in [1.82, 2.24) is 5.32 Å². The monoisotopic (exact) mass is 275 g/mol. The van der Waals surface area contributed by atoms with Crippen LogP contribution >= 0.6 is 0 Å². The van der Waals surface area contributed by atoms with Crippen LogP contribution in [0.4, 0.5) is 8.78 Å². The van der Waals surface area contributed by atoms with Gasteiger partial charge < -0.3 is 19.9 Å². The minimum Gasteiger partial charge on any atom is -0.387 e. The maximum Gasteiger partial charge on any atom is 0.129 e. The highest BCUT2D eigenvalue weighted by Crippen LogP contribution is 2.17. The lowest BCUT2D eigenvalue weighted by Gasteiger charge is -2.17. The summed E-state index contributed by atoms with van der Waals surface area (Å²) in [6.45, 7) is 0.955. The lowest BCUT2D eigenvalue weighted by Crippen LogP contribution is -2.34. The molecule has 2 N–H and O–H groups in total. The predicted octanol–water partition coefficient (Wildman–Crippen LogP) is 1.25. The molecule has 6 heteroatoms. The molecule has 2 atom stereocenters. The Morgan fingerprint density at radius 1 is 1.26 bits per heavy atom. The van der Waals surface area contributed by atoms with Gasteiger partial charge >= 0.3 is 0 Å². The Kier molecular flexibility index (Phi) is 6.86. The summed E-state index contributed by atoms with van der Waals surface area (Å²) in [6, 6.07) is 3.00. The van der Waals surface area contributed by atoms with Crippen molar-refractivity contribution < 1.29 is 23.4 Å². The van der Waals surface area contributed by atoms with Crippen LogP contribution < -0.4 is 5.32 Å². The van der Waals surface area contributed by atoms with E-state index in [2.05, 4.69) is 5.32 Å². The van der Waals surface area contributed by atoms with E-state index >= 15 is 0 Å². The highest BCUT2D eigenvalue weighted by molar-refractivity contribution is 5.21. The summed E-state index contributed by atoms with van der Waals surface area (Å²) in [6.07, 6.45) is -1.27. The van der Waals surface area contributed by atoms with Gasteiger partial charge in [-0.05, 0) is 18.2 Å². The number of hydrogen-bond donors (Lipinski definition) is 2. The summed E-state index contributed by atoms with van der Waals surface area (Å²) < 4.78 is 36.4. The zero-order valence-electron chi connectivity index (χ0n) is 11.0. The molecule has 0 fully saturated rings. The number of nitrogens with one attached hydrogen (secondary N) is 1. The average molecular weight is 275 g/mol. The zero-order valence-corrected chi connectivity index (χ0v) is 11.0. The molecule has 0 aliphatic rings. The van der Waals surface area contributed by atoms with Gasteiger partial charge in [-0.1, -0.05) is 0 Å². The molecule has 0 radical (unpaired) electrons. The second kappa shape index (κ2) is 8.16. The first-order valence-electron chi connectivity index (χ1n) is 5.94. The van der Waals surface area contributed by atoms with E-state index in [0.717, 1.165) is 18.2 Å². The van der Waals surface area contributed by atoms with Crippen LogP contribution in [-0.4, -0.2) is 45.1 Å². The molecule has 0 spiro atoms. The molecule has 0 saturated heterocycles. The largest absolute Gasteiger partial charge is 0.387 e. The fourth-order valence-electron chi connectivity index (χ4n) is 1.66. The number of ether oxygens (including phenoxy) is 2. The molecular formula is C13H19F2NO3. The lowest BCUT2D eigenvalue weighted by atomic mass is 10.1. The van der Waals surface area contributed by atoms with Crippen LogP contribution in [0.15, 0.2) is 18.2 Å². The number of benzene rings is 1. The standard InChI is InChI=1S/C13H19F2NO3/c1-18-8-10(19-2)6-16-7-13(17)11-5-9(14)3-4-12(11)15/h3-5,10,13,16-17H,6-8H2,1-2H3. The van der Waals surface area contributed by atoms with E-state index in [9.17, 15) is 13.9 Å². The first-order valence-corrected chi connectivity index (χ1v) is 5.94. The van der Waals surface area contributed by atoms with Gasteiger partial charge in [0.15, 0.2) is 0 Å². The minimum atomic E-state index is -1.12. The van der Waals surface area contributed by atoms with E-state index in [0.29, 0.717) is 13.2 Å². The molecule has 0 aromatic heterocycles. The molecule has 1 aromatic carbocycles. The summed E-state index contributed by atoms with van der Waals surface area (Å²) in [5.74, 6) is -1.21. The Labute approximate surface area is 111 Å². The summed E-state index contributed by atoms with van der Waals surface area (Å²) in [5.41, 5.74) is -0.0618. The summed E-state index contributed by atoms with van der Waals surface area (Å²) in [4.78, 5) is 0. The van der Waals surface area contributed by atoms with Gasteiger partial charge in [0.25, 0.3) is 0 Å². The third kappa shape index (κ3) is 5.20. The van der Waals surface area contributed by atoms with Crippen LogP contribution in [0.3, 0.4) is 0 Å². The van der Waals surface area contributed by atoms with E-state index in [1.54, 1.807) is 14.2 Å². The fourth-order valence-corrected chi connectivity index (χ4v) is 1.66. The average Bonchev–Trinajstić information content (AvgIpc) is 2.40. The van der Waals surface area contributed by atoms with Crippen LogP contribution in [0.1, 0.15) is 11.7 Å². The SMILES string of the molecule is COCC(CNCC(O)c1cc(F)ccc1F)OC. The molecular weight excluding hydrogens is 256 g/mol. The van der Waals surface area contributed by atoms with Crippen molar-refractivity contribution in [3.05, 3.63) is 35.4 Å². The van der Waals surface area contributed by atoms with E-state index in [-0.39, 0.29) is 18.2 Å². The minimum absolute atomic E-state index is 0.0618. The van der Waals surface area contributed by atoms with Gasteiger partial charge in [-0.2, -0.15) is 0 Å². The van der Waals surface area contributed by atoms with Gasteiger partial charge in [0.2, 0.25) is 0 Å². The van der Waals surface area contributed by atoms with Gasteiger partial charge in [0.05, 0.1) is 18.8 Å². The number of halogens is 2. The van der Waals surface area contributed by atoms with Crippen molar-refractivity contribution in [3.63, 3.8) is 0 Å². The Hall–Kier alpha value is -1.08. The van der Waals surface area contributed by atoms with E-state index in [1.165, 1.54) is 0 Å². The first kappa shape index (κ1) is 16.0. The number of rotatable bonds is 8. The molecule has 0 amide bonds. The highest BCUT2D eigenvalue weighted by atomic mass is 19.1. The third-order valence-electron chi connectivity index (χ3n) is 2.71. The highest BCUT2D eigenvalue weighted by Gasteiger charge is 2.14. The Balaban J connectivity index is 2.46. The van der Waals surface area contributed by atoms with Crippen LogP contribution in [0.2, 0.25) is 0 Å². The molecule has 0 heterocycles. The number of hydrogen-bond acceptors (Lipinski definition) is 4. The Morgan fingerprint density at radius 3 is 2.63 bits per heavy atom. The summed E-state index contributed by atoms with van der Waals surface area (Å²) in [7, 11) is 3.11.